The lowest BCUT2D eigenvalue weighted by atomic mass is 9.95. The van der Waals surface area contributed by atoms with Crippen LogP contribution in [0.25, 0.3) is 5.65 Å². The first-order chi connectivity index (χ1) is 8.31. The molecule has 1 fully saturated rings. The third-order valence-electron chi connectivity index (χ3n) is 3.30. The smallest absolute Gasteiger partial charge is 0.137 e. The Morgan fingerprint density at radius 3 is 2.94 bits per heavy atom. The van der Waals surface area contributed by atoms with E-state index in [0.717, 1.165) is 48.8 Å². The van der Waals surface area contributed by atoms with Crippen molar-refractivity contribution < 1.29 is 4.74 Å². The lowest BCUT2D eigenvalue weighted by Crippen LogP contribution is -2.17. The number of nitrogens with zero attached hydrogens (tertiary/aromatic N) is 2. The molecule has 17 heavy (non-hydrogen) atoms. The Kier molecular flexibility index (Phi) is 3.04. The van der Waals surface area contributed by atoms with E-state index in [4.69, 9.17) is 16.3 Å². The van der Waals surface area contributed by atoms with Gasteiger partial charge in [-0.3, -0.25) is 0 Å². The van der Waals surface area contributed by atoms with E-state index in [9.17, 15) is 0 Å². The number of halogens is 1. The molecule has 2 aromatic heterocycles. The Bertz CT molecular complexity index is 517. The summed E-state index contributed by atoms with van der Waals surface area (Å²) in [5.74, 6) is 0.712. The minimum absolute atomic E-state index is 0.712. The molecular formula is C13H15ClN2O. The summed E-state index contributed by atoms with van der Waals surface area (Å²) < 4.78 is 7.37. The van der Waals surface area contributed by atoms with Crippen molar-refractivity contribution >= 4 is 17.2 Å². The first kappa shape index (κ1) is 11.1. The number of rotatable bonds is 2. The molecule has 0 atom stereocenters. The number of pyridine rings is 1. The monoisotopic (exact) mass is 250 g/mol. The summed E-state index contributed by atoms with van der Waals surface area (Å²) in [6.45, 7) is 1.79. The van der Waals surface area contributed by atoms with E-state index in [1.807, 2.05) is 22.7 Å². The van der Waals surface area contributed by atoms with Crippen molar-refractivity contribution in [2.75, 3.05) is 13.2 Å². The normalized spacial score (nSPS) is 17.7. The van der Waals surface area contributed by atoms with E-state index in [2.05, 4.69) is 11.2 Å². The number of imidazole rings is 1. The van der Waals surface area contributed by atoms with Crippen LogP contribution in [0.4, 0.5) is 0 Å². The van der Waals surface area contributed by atoms with Gasteiger partial charge in [-0.2, -0.15) is 0 Å². The minimum Gasteiger partial charge on any atom is -0.381 e. The van der Waals surface area contributed by atoms with E-state index in [-0.39, 0.29) is 0 Å². The topological polar surface area (TPSA) is 26.5 Å². The van der Waals surface area contributed by atoms with E-state index >= 15 is 0 Å². The molecule has 0 radical (unpaired) electrons. The van der Waals surface area contributed by atoms with Crippen molar-refractivity contribution in [3.05, 3.63) is 35.2 Å². The van der Waals surface area contributed by atoms with Gasteiger partial charge in [0.1, 0.15) is 5.65 Å². The lowest BCUT2D eigenvalue weighted by molar-refractivity contribution is 0.0663. The molecule has 0 aliphatic carbocycles. The van der Waals surface area contributed by atoms with Gasteiger partial charge in [0.25, 0.3) is 0 Å². The maximum absolute atomic E-state index is 5.95. The summed E-state index contributed by atoms with van der Waals surface area (Å²) in [5.41, 5.74) is 2.12. The molecule has 0 spiro atoms. The summed E-state index contributed by atoms with van der Waals surface area (Å²) >= 11 is 5.95. The zero-order valence-corrected chi connectivity index (χ0v) is 10.4. The Hall–Kier alpha value is -1.06. The van der Waals surface area contributed by atoms with E-state index in [1.54, 1.807) is 0 Å². The zero-order chi connectivity index (χ0) is 11.7. The average Bonchev–Trinajstić information content (AvgIpc) is 2.71. The summed E-state index contributed by atoms with van der Waals surface area (Å²) in [4.78, 5) is 4.61. The highest BCUT2D eigenvalue weighted by molar-refractivity contribution is 6.30. The standard InChI is InChI=1S/C13H15ClN2O/c14-11-1-2-13-15-12(9-16(13)8-11)7-10-3-5-17-6-4-10/h1-2,8-10H,3-7H2. The zero-order valence-electron chi connectivity index (χ0n) is 9.60. The fourth-order valence-electron chi connectivity index (χ4n) is 2.36. The molecule has 3 heterocycles. The van der Waals surface area contributed by atoms with Crippen LogP contribution >= 0.6 is 11.6 Å². The molecule has 3 rings (SSSR count). The van der Waals surface area contributed by atoms with E-state index in [0.29, 0.717) is 5.92 Å². The van der Waals surface area contributed by atoms with Crippen LogP contribution in [0.5, 0.6) is 0 Å². The molecule has 3 nitrogen and oxygen atoms in total. The van der Waals surface area contributed by atoms with Crippen molar-refractivity contribution in [1.29, 1.82) is 0 Å². The van der Waals surface area contributed by atoms with Crippen molar-refractivity contribution in [3.8, 4) is 0 Å². The summed E-state index contributed by atoms with van der Waals surface area (Å²) in [7, 11) is 0. The third kappa shape index (κ3) is 2.45. The van der Waals surface area contributed by atoms with Gasteiger partial charge in [0.05, 0.1) is 10.7 Å². The molecule has 1 saturated heterocycles. The third-order valence-corrected chi connectivity index (χ3v) is 3.53. The average molecular weight is 251 g/mol. The van der Waals surface area contributed by atoms with Gasteiger partial charge in [-0.1, -0.05) is 11.6 Å². The number of hydrogen-bond acceptors (Lipinski definition) is 2. The second-order valence-corrected chi connectivity index (χ2v) is 5.04. The quantitative estimate of drug-likeness (QED) is 0.819. The summed E-state index contributed by atoms with van der Waals surface area (Å²) in [5, 5.41) is 0.743. The van der Waals surface area contributed by atoms with Crippen LogP contribution in [0.3, 0.4) is 0 Å². The Labute approximate surface area is 105 Å². The molecule has 2 aromatic rings. The predicted molar refractivity (Wildman–Crippen MR) is 67.4 cm³/mol. The fraction of sp³-hybridized carbons (Fsp3) is 0.462. The fourth-order valence-corrected chi connectivity index (χ4v) is 2.53. The molecule has 0 aromatic carbocycles. The van der Waals surface area contributed by atoms with Crippen LogP contribution < -0.4 is 0 Å². The molecule has 4 heteroatoms. The Morgan fingerprint density at radius 1 is 1.29 bits per heavy atom. The number of aromatic nitrogens is 2. The number of ether oxygens (including phenoxy) is 1. The lowest BCUT2D eigenvalue weighted by Gasteiger charge is -2.20. The second kappa shape index (κ2) is 4.67. The Balaban J connectivity index is 1.80. The van der Waals surface area contributed by atoms with Gasteiger partial charge in [-0.25, -0.2) is 4.98 Å². The minimum atomic E-state index is 0.712. The maximum Gasteiger partial charge on any atom is 0.137 e. The second-order valence-electron chi connectivity index (χ2n) is 4.60. The van der Waals surface area contributed by atoms with Crippen LogP contribution in [0, 0.1) is 5.92 Å². The molecule has 90 valence electrons. The SMILES string of the molecule is Clc1ccc2nc(CC3CCOCC3)cn2c1. The van der Waals surface area contributed by atoms with Crippen LogP contribution in [0.2, 0.25) is 5.02 Å². The van der Waals surface area contributed by atoms with Crippen molar-refractivity contribution in [2.45, 2.75) is 19.3 Å². The molecule has 0 N–H and O–H groups in total. The van der Waals surface area contributed by atoms with Crippen LogP contribution in [-0.4, -0.2) is 22.6 Å². The van der Waals surface area contributed by atoms with Gasteiger partial charge >= 0.3 is 0 Å². The molecule has 0 saturated carbocycles. The van der Waals surface area contributed by atoms with E-state index in [1.165, 1.54) is 0 Å². The van der Waals surface area contributed by atoms with Crippen LogP contribution in [-0.2, 0) is 11.2 Å². The van der Waals surface area contributed by atoms with Gasteiger partial charge < -0.3 is 9.14 Å². The van der Waals surface area contributed by atoms with Gasteiger partial charge in [0, 0.05) is 25.6 Å². The van der Waals surface area contributed by atoms with Crippen LogP contribution in [0.15, 0.2) is 24.5 Å². The van der Waals surface area contributed by atoms with Gasteiger partial charge in [-0.05, 0) is 37.3 Å². The highest BCUT2D eigenvalue weighted by atomic mass is 35.5. The Morgan fingerprint density at radius 2 is 2.12 bits per heavy atom. The predicted octanol–water partition coefficient (Wildman–Crippen LogP) is 2.96. The van der Waals surface area contributed by atoms with Gasteiger partial charge in [-0.15, -0.1) is 0 Å². The van der Waals surface area contributed by atoms with Crippen molar-refractivity contribution in [1.82, 2.24) is 9.38 Å². The molecular weight excluding hydrogens is 236 g/mol. The first-order valence-electron chi connectivity index (χ1n) is 6.02. The molecule has 0 amide bonds. The van der Waals surface area contributed by atoms with Gasteiger partial charge in [0.2, 0.25) is 0 Å². The summed E-state index contributed by atoms with van der Waals surface area (Å²) in [6, 6.07) is 3.83. The first-order valence-corrected chi connectivity index (χ1v) is 6.40. The molecule has 1 aliphatic rings. The van der Waals surface area contributed by atoms with Gasteiger partial charge in [0.15, 0.2) is 0 Å². The highest BCUT2D eigenvalue weighted by Crippen LogP contribution is 2.20. The number of hydrogen-bond donors (Lipinski definition) is 0. The molecule has 0 bridgehead atoms. The molecule has 0 unspecified atom stereocenters. The van der Waals surface area contributed by atoms with Crippen molar-refractivity contribution in [2.24, 2.45) is 5.92 Å². The number of fused-ring (bicyclic) bond motifs is 1. The summed E-state index contributed by atoms with van der Waals surface area (Å²) in [6.07, 6.45) is 7.32. The van der Waals surface area contributed by atoms with Crippen molar-refractivity contribution in [3.63, 3.8) is 0 Å². The largest absolute Gasteiger partial charge is 0.381 e. The maximum atomic E-state index is 5.95. The molecule has 1 aliphatic heterocycles. The highest BCUT2D eigenvalue weighted by Gasteiger charge is 2.15. The van der Waals surface area contributed by atoms with Crippen LogP contribution in [0.1, 0.15) is 18.5 Å². The van der Waals surface area contributed by atoms with E-state index < -0.39 is 0 Å².